The number of rotatable bonds is 6. The van der Waals surface area contributed by atoms with Crippen LogP contribution in [-0.2, 0) is 16.1 Å². The monoisotopic (exact) mass is 367 g/mol. The molecule has 4 aromatic carbocycles. The first kappa shape index (κ1) is 17.8. The number of hydrogen-bond donors (Lipinski definition) is 1. The zero-order valence-corrected chi connectivity index (χ0v) is 15.5. The predicted molar refractivity (Wildman–Crippen MR) is 114 cm³/mol. The van der Waals surface area contributed by atoms with Gasteiger partial charge in [0.1, 0.15) is 13.2 Å². The zero-order valence-electron chi connectivity index (χ0n) is 15.5. The van der Waals surface area contributed by atoms with Crippen LogP contribution in [0.3, 0.4) is 0 Å². The van der Waals surface area contributed by atoms with Crippen molar-refractivity contribution in [3.8, 4) is 11.1 Å². The molecule has 0 fully saturated rings. The number of anilines is 1. The Bertz CT molecular complexity index is 1070. The molecule has 0 aliphatic rings. The van der Waals surface area contributed by atoms with Crippen LogP contribution in [-0.4, -0.2) is 12.5 Å². The lowest BCUT2D eigenvalue weighted by Gasteiger charge is -2.09. The fourth-order valence-electron chi connectivity index (χ4n) is 3.11. The molecule has 0 aliphatic heterocycles. The summed E-state index contributed by atoms with van der Waals surface area (Å²) in [6.45, 7) is 0.435. The third-order valence-electron chi connectivity index (χ3n) is 4.65. The molecule has 0 unspecified atom stereocenters. The molecule has 0 radical (unpaired) electrons. The molecule has 28 heavy (non-hydrogen) atoms. The minimum atomic E-state index is -0.276. The van der Waals surface area contributed by atoms with Gasteiger partial charge >= 0.3 is 5.97 Å². The van der Waals surface area contributed by atoms with Gasteiger partial charge in [-0.25, -0.2) is 0 Å². The topological polar surface area (TPSA) is 38.3 Å². The van der Waals surface area contributed by atoms with Gasteiger partial charge in [0, 0.05) is 5.69 Å². The highest BCUT2D eigenvalue weighted by molar-refractivity contribution is 5.87. The number of hydrogen-bond acceptors (Lipinski definition) is 3. The van der Waals surface area contributed by atoms with Gasteiger partial charge in [0.15, 0.2) is 0 Å². The maximum absolute atomic E-state index is 11.9. The number of fused-ring (bicyclic) bond motifs is 1. The van der Waals surface area contributed by atoms with Crippen molar-refractivity contribution in [1.82, 2.24) is 0 Å². The van der Waals surface area contributed by atoms with Crippen molar-refractivity contribution >= 4 is 22.4 Å². The Morgan fingerprint density at radius 1 is 0.714 bits per heavy atom. The molecular weight excluding hydrogens is 346 g/mol. The van der Waals surface area contributed by atoms with E-state index in [0.29, 0.717) is 6.61 Å². The van der Waals surface area contributed by atoms with Crippen LogP contribution in [0.15, 0.2) is 97.1 Å². The molecular formula is C25H21NO2. The molecule has 0 aromatic heterocycles. The fraction of sp³-hybridized carbons (Fsp3) is 0.0800. The van der Waals surface area contributed by atoms with Gasteiger partial charge < -0.3 is 10.1 Å². The van der Waals surface area contributed by atoms with Crippen LogP contribution in [0.5, 0.6) is 0 Å². The second-order valence-corrected chi connectivity index (χ2v) is 6.64. The largest absolute Gasteiger partial charge is 0.460 e. The number of carbonyl (C=O) groups is 1. The van der Waals surface area contributed by atoms with Crippen LogP contribution in [0, 0.1) is 0 Å². The molecule has 4 aromatic rings. The molecule has 3 heteroatoms. The summed E-state index contributed by atoms with van der Waals surface area (Å²) in [4.78, 5) is 11.9. The highest BCUT2D eigenvalue weighted by atomic mass is 16.5. The highest BCUT2D eigenvalue weighted by Gasteiger charge is 2.04. The Hall–Kier alpha value is -3.59. The predicted octanol–water partition coefficient (Wildman–Crippen LogP) is 5.66. The SMILES string of the molecule is O=C(CNc1ccc(-c2ccc3ccccc3c2)cc1)OCc1ccccc1. The lowest BCUT2D eigenvalue weighted by atomic mass is 10.0. The van der Waals surface area contributed by atoms with Crippen molar-refractivity contribution in [1.29, 1.82) is 0 Å². The molecule has 4 rings (SSSR count). The van der Waals surface area contributed by atoms with Crippen molar-refractivity contribution < 1.29 is 9.53 Å². The molecule has 0 atom stereocenters. The molecule has 3 nitrogen and oxygen atoms in total. The first-order chi connectivity index (χ1) is 13.8. The van der Waals surface area contributed by atoms with E-state index < -0.39 is 0 Å². The van der Waals surface area contributed by atoms with Gasteiger partial charge in [-0.2, -0.15) is 0 Å². The summed E-state index contributed by atoms with van der Waals surface area (Å²) in [5.41, 5.74) is 4.19. The lowest BCUT2D eigenvalue weighted by Crippen LogP contribution is -2.16. The van der Waals surface area contributed by atoms with E-state index in [-0.39, 0.29) is 12.5 Å². The van der Waals surface area contributed by atoms with Crippen molar-refractivity contribution in [3.63, 3.8) is 0 Å². The quantitative estimate of drug-likeness (QED) is 0.447. The Kier molecular flexibility index (Phi) is 5.34. The molecule has 0 amide bonds. The first-order valence-corrected chi connectivity index (χ1v) is 9.31. The van der Waals surface area contributed by atoms with E-state index in [2.05, 4.69) is 53.8 Å². The number of ether oxygens (including phenoxy) is 1. The zero-order chi connectivity index (χ0) is 19.2. The van der Waals surface area contributed by atoms with Gasteiger partial charge in [0.25, 0.3) is 0 Å². The molecule has 0 heterocycles. The van der Waals surface area contributed by atoms with Gasteiger partial charge in [0.2, 0.25) is 0 Å². The van der Waals surface area contributed by atoms with Crippen LogP contribution >= 0.6 is 0 Å². The maximum Gasteiger partial charge on any atom is 0.325 e. The molecule has 0 saturated heterocycles. The van der Waals surface area contributed by atoms with Crippen molar-refractivity contribution in [2.24, 2.45) is 0 Å². The third kappa shape index (κ3) is 4.38. The van der Waals surface area contributed by atoms with E-state index in [9.17, 15) is 4.79 Å². The Morgan fingerprint density at radius 2 is 1.39 bits per heavy atom. The smallest absolute Gasteiger partial charge is 0.325 e. The minimum Gasteiger partial charge on any atom is -0.460 e. The van der Waals surface area contributed by atoms with Crippen LogP contribution in [0.2, 0.25) is 0 Å². The van der Waals surface area contributed by atoms with Gasteiger partial charge in [-0.15, -0.1) is 0 Å². The fourth-order valence-corrected chi connectivity index (χ4v) is 3.11. The standard InChI is InChI=1S/C25H21NO2/c27-25(28-18-19-6-2-1-3-7-19)17-26-24-14-12-21(13-15-24)23-11-10-20-8-4-5-9-22(20)16-23/h1-16,26H,17-18H2. The molecule has 0 saturated carbocycles. The van der Waals surface area contributed by atoms with Crippen molar-refractivity contribution in [2.75, 3.05) is 11.9 Å². The summed E-state index contributed by atoms with van der Waals surface area (Å²) in [5.74, 6) is -0.276. The van der Waals surface area contributed by atoms with Crippen molar-refractivity contribution in [3.05, 3.63) is 103 Å². The van der Waals surface area contributed by atoms with E-state index >= 15 is 0 Å². The number of nitrogens with one attached hydrogen (secondary N) is 1. The maximum atomic E-state index is 11.9. The summed E-state index contributed by atoms with van der Waals surface area (Å²) in [6.07, 6.45) is 0. The Balaban J connectivity index is 1.34. The van der Waals surface area contributed by atoms with E-state index in [1.807, 2.05) is 48.5 Å². The normalized spacial score (nSPS) is 10.6. The van der Waals surface area contributed by atoms with Gasteiger partial charge in [-0.3, -0.25) is 4.79 Å². The van der Waals surface area contributed by atoms with Crippen LogP contribution in [0.4, 0.5) is 5.69 Å². The molecule has 0 spiro atoms. The number of esters is 1. The molecule has 0 bridgehead atoms. The first-order valence-electron chi connectivity index (χ1n) is 9.31. The Labute approximate surface area is 164 Å². The van der Waals surface area contributed by atoms with Crippen LogP contribution in [0.1, 0.15) is 5.56 Å². The summed E-state index contributed by atoms with van der Waals surface area (Å²) >= 11 is 0. The van der Waals surface area contributed by atoms with Gasteiger partial charge in [0.05, 0.1) is 0 Å². The summed E-state index contributed by atoms with van der Waals surface area (Å²) in [5, 5.41) is 5.57. The minimum absolute atomic E-state index is 0.141. The second-order valence-electron chi connectivity index (χ2n) is 6.64. The summed E-state index contributed by atoms with van der Waals surface area (Å²) < 4.78 is 5.28. The van der Waals surface area contributed by atoms with E-state index in [0.717, 1.165) is 16.8 Å². The van der Waals surface area contributed by atoms with Gasteiger partial charge in [-0.1, -0.05) is 78.9 Å². The Morgan fingerprint density at radius 3 is 2.18 bits per heavy atom. The number of carbonyl (C=O) groups excluding carboxylic acids is 1. The second kappa shape index (κ2) is 8.40. The van der Waals surface area contributed by atoms with Crippen LogP contribution < -0.4 is 5.32 Å². The van der Waals surface area contributed by atoms with E-state index in [1.54, 1.807) is 0 Å². The van der Waals surface area contributed by atoms with Crippen LogP contribution in [0.25, 0.3) is 21.9 Å². The highest BCUT2D eigenvalue weighted by Crippen LogP contribution is 2.25. The van der Waals surface area contributed by atoms with E-state index in [1.165, 1.54) is 16.3 Å². The third-order valence-corrected chi connectivity index (χ3v) is 4.65. The average molecular weight is 367 g/mol. The lowest BCUT2D eigenvalue weighted by molar-refractivity contribution is -0.142. The van der Waals surface area contributed by atoms with Crippen molar-refractivity contribution in [2.45, 2.75) is 6.61 Å². The molecule has 1 N–H and O–H groups in total. The molecule has 138 valence electrons. The average Bonchev–Trinajstić information content (AvgIpc) is 2.77. The van der Waals surface area contributed by atoms with Gasteiger partial charge in [-0.05, 0) is 45.7 Å². The number of benzene rings is 4. The summed E-state index contributed by atoms with van der Waals surface area (Å²) in [7, 11) is 0. The summed E-state index contributed by atoms with van der Waals surface area (Å²) in [6, 6.07) is 32.5. The van der Waals surface area contributed by atoms with E-state index in [4.69, 9.17) is 4.74 Å². The molecule has 0 aliphatic carbocycles.